The van der Waals surface area contributed by atoms with Gasteiger partial charge in [0.1, 0.15) is 28.9 Å². The summed E-state index contributed by atoms with van der Waals surface area (Å²) in [5.74, 6) is -1.11. The van der Waals surface area contributed by atoms with Crippen LogP contribution in [0.15, 0.2) is 12.1 Å². The number of phenols is 2. The summed E-state index contributed by atoms with van der Waals surface area (Å²) in [7, 11) is 0. The molecule has 1 aromatic carbocycles. The predicted molar refractivity (Wildman–Crippen MR) is 87.1 cm³/mol. The number of ether oxygens (including phenoxy) is 1. The van der Waals surface area contributed by atoms with Gasteiger partial charge in [-0.25, -0.2) is 4.79 Å². The number of phenolic OH excluding ortho intramolecular Hbond substituents is 2. The van der Waals surface area contributed by atoms with Gasteiger partial charge >= 0.3 is 5.97 Å². The van der Waals surface area contributed by atoms with E-state index in [2.05, 4.69) is 0 Å². The minimum atomic E-state index is -0.851. The van der Waals surface area contributed by atoms with Crippen LogP contribution in [0.25, 0.3) is 0 Å². The summed E-state index contributed by atoms with van der Waals surface area (Å²) in [5.41, 5.74) is 0.580. The van der Waals surface area contributed by atoms with Gasteiger partial charge in [-0.1, -0.05) is 6.42 Å². The van der Waals surface area contributed by atoms with E-state index in [1.807, 2.05) is 0 Å². The van der Waals surface area contributed by atoms with E-state index in [1.54, 1.807) is 6.92 Å². The van der Waals surface area contributed by atoms with Gasteiger partial charge < -0.3 is 20.1 Å². The highest BCUT2D eigenvalue weighted by atomic mass is 16.5. The van der Waals surface area contributed by atoms with Crippen LogP contribution in [0.1, 0.15) is 61.4 Å². The Bertz CT molecular complexity index is 610. The zero-order chi connectivity index (χ0) is 17.7. The third-order valence-electron chi connectivity index (χ3n) is 4.17. The van der Waals surface area contributed by atoms with Crippen LogP contribution in [0, 0.1) is 0 Å². The first-order valence-corrected chi connectivity index (χ1v) is 8.32. The first kappa shape index (κ1) is 18.3. The van der Waals surface area contributed by atoms with Gasteiger partial charge in [0.15, 0.2) is 0 Å². The third-order valence-corrected chi connectivity index (χ3v) is 4.17. The molecule has 24 heavy (non-hydrogen) atoms. The molecule has 0 fully saturated rings. The van der Waals surface area contributed by atoms with Crippen molar-refractivity contribution in [3.8, 4) is 11.5 Å². The molecule has 0 radical (unpaired) electrons. The number of aromatic hydroxyl groups is 2. The predicted octanol–water partition coefficient (Wildman–Crippen LogP) is 2.47. The molecule has 0 saturated heterocycles. The molecule has 1 aliphatic rings. The zero-order valence-corrected chi connectivity index (χ0v) is 13.8. The lowest BCUT2D eigenvalue weighted by Crippen LogP contribution is -2.24. The highest BCUT2D eigenvalue weighted by Gasteiger charge is 2.23. The molecule has 132 valence electrons. The van der Waals surface area contributed by atoms with Crippen molar-refractivity contribution < 1.29 is 29.6 Å². The minimum Gasteiger partial charge on any atom is -0.508 e. The Morgan fingerprint density at radius 3 is 2.54 bits per heavy atom. The van der Waals surface area contributed by atoms with Gasteiger partial charge in [0, 0.05) is 25.3 Å². The van der Waals surface area contributed by atoms with Crippen LogP contribution in [0.5, 0.6) is 11.5 Å². The number of ketones is 1. The van der Waals surface area contributed by atoms with Crippen molar-refractivity contribution in [3.05, 3.63) is 23.3 Å². The molecule has 1 heterocycles. The molecule has 1 aromatic rings. The van der Waals surface area contributed by atoms with E-state index >= 15 is 0 Å². The van der Waals surface area contributed by atoms with Gasteiger partial charge in [-0.3, -0.25) is 4.79 Å². The van der Waals surface area contributed by atoms with E-state index in [-0.39, 0.29) is 35.7 Å². The number of hydrogen-bond donors (Lipinski definition) is 3. The summed E-state index contributed by atoms with van der Waals surface area (Å²) in [5, 5.41) is 29.6. The molecule has 1 aliphatic heterocycles. The lowest BCUT2D eigenvalue weighted by atomic mass is 9.97. The van der Waals surface area contributed by atoms with Gasteiger partial charge in [-0.05, 0) is 37.8 Å². The molecule has 1 unspecified atom stereocenters. The molecule has 0 aromatic heterocycles. The van der Waals surface area contributed by atoms with Crippen LogP contribution < -0.4 is 0 Å². The molecule has 2 rings (SSSR count). The number of carbonyl (C=O) groups excluding carboxylic acids is 2. The van der Waals surface area contributed by atoms with Gasteiger partial charge in [0.25, 0.3) is 0 Å². The quantitative estimate of drug-likeness (QED) is 0.629. The lowest BCUT2D eigenvalue weighted by molar-refractivity contribution is -0.121. The molecule has 3 N–H and O–H groups in total. The van der Waals surface area contributed by atoms with Crippen molar-refractivity contribution in [3.63, 3.8) is 0 Å². The van der Waals surface area contributed by atoms with Gasteiger partial charge in [-0.15, -0.1) is 0 Å². The molecular weight excluding hydrogens is 312 g/mol. The van der Waals surface area contributed by atoms with Crippen LogP contribution in [-0.4, -0.2) is 39.3 Å². The van der Waals surface area contributed by atoms with Crippen LogP contribution in [0.2, 0.25) is 0 Å². The molecule has 0 saturated carbocycles. The maximum atomic E-state index is 12.4. The first-order valence-electron chi connectivity index (χ1n) is 8.32. The highest BCUT2D eigenvalue weighted by Crippen LogP contribution is 2.30. The largest absolute Gasteiger partial charge is 0.508 e. The smallest absolute Gasteiger partial charge is 0.342 e. The summed E-state index contributed by atoms with van der Waals surface area (Å²) < 4.78 is 5.30. The molecule has 2 atom stereocenters. The number of aliphatic hydroxyl groups excluding tert-OH is 1. The van der Waals surface area contributed by atoms with E-state index in [0.717, 1.165) is 12.5 Å². The number of rotatable bonds is 0. The maximum absolute atomic E-state index is 12.4. The monoisotopic (exact) mass is 336 g/mol. The Labute approximate surface area is 141 Å². The number of benzene rings is 1. The second-order valence-electron chi connectivity index (χ2n) is 6.41. The Hall–Kier alpha value is -2.08. The normalized spacial score (nSPS) is 23.9. The fourth-order valence-electron chi connectivity index (χ4n) is 3.04. The van der Waals surface area contributed by atoms with Crippen molar-refractivity contribution in [1.82, 2.24) is 0 Å². The minimum absolute atomic E-state index is 0.00813. The SMILES string of the molecule is C[C@H]1CC(O)CC(=O)CCCCCc2cc(O)cc(O)c2C(=O)O1. The van der Waals surface area contributed by atoms with Crippen molar-refractivity contribution >= 4 is 11.8 Å². The fourth-order valence-corrected chi connectivity index (χ4v) is 3.04. The van der Waals surface area contributed by atoms with E-state index in [1.165, 1.54) is 6.07 Å². The molecule has 6 heteroatoms. The van der Waals surface area contributed by atoms with Crippen molar-refractivity contribution in [2.24, 2.45) is 0 Å². The highest BCUT2D eigenvalue weighted by molar-refractivity contribution is 5.94. The van der Waals surface area contributed by atoms with Crippen LogP contribution >= 0.6 is 0 Å². The molecular formula is C18H24O6. The van der Waals surface area contributed by atoms with Crippen molar-refractivity contribution in [1.29, 1.82) is 0 Å². The van der Waals surface area contributed by atoms with E-state index in [4.69, 9.17) is 4.74 Å². The second kappa shape index (κ2) is 8.15. The van der Waals surface area contributed by atoms with E-state index in [9.17, 15) is 24.9 Å². The molecule has 0 spiro atoms. The maximum Gasteiger partial charge on any atom is 0.342 e. The summed E-state index contributed by atoms with van der Waals surface area (Å²) in [6.07, 6.45) is 1.91. The number of aliphatic hydroxyl groups is 1. The average Bonchev–Trinajstić information content (AvgIpc) is 2.44. The van der Waals surface area contributed by atoms with Crippen molar-refractivity contribution in [2.45, 2.75) is 64.1 Å². The molecule has 0 aliphatic carbocycles. The fraction of sp³-hybridized carbons (Fsp3) is 0.556. The lowest BCUT2D eigenvalue weighted by Gasteiger charge is -2.19. The van der Waals surface area contributed by atoms with Crippen molar-refractivity contribution in [2.75, 3.05) is 0 Å². The summed E-state index contributed by atoms with van der Waals surface area (Å²) in [4.78, 5) is 24.2. The van der Waals surface area contributed by atoms with E-state index in [0.29, 0.717) is 31.2 Å². The van der Waals surface area contributed by atoms with Gasteiger partial charge in [-0.2, -0.15) is 0 Å². The van der Waals surface area contributed by atoms with Crippen LogP contribution in [0.4, 0.5) is 0 Å². The average molecular weight is 336 g/mol. The molecule has 0 amide bonds. The Balaban J connectivity index is 2.26. The molecule has 6 nitrogen and oxygen atoms in total. The first-order chi connectivity index (χ1) is 11.4. The van der Waals surface area contributed by atoms with E-state index < -0.39 is 18.2 Å². The number of fused-ring (bicyclic) bond motifs is 1. The van der Waals surface area contributed by atoms with Crippen LogP contribution in [-0.2, 0) is 16.0 Å². The summed E-state index contributed by atoms with van der Waals surface area (Å²) >= 11 is 0. The number of cyclic esters (lactones) is 1. The zero-order valence-electron chi connectivity index (χ0n) is 13.8. The number of Topliss-reactive ketones (excluding diaryl/α,β-unsaturated/α-hetero) is 1. The summed E-state index contributed by atoms with van der Waals surface area (Å²) in [6, 6.07) is 2.56. The number of esters is 1. The molecule has 0 bridgehead atoms. The number of aryl methyl sites for hydroxylation is 1. The van der Waals surface area contributed by atoms with Gasteiger partial charge in [0.2, 0.25) is 0 Å². The third kappa shape index (κ3) is 4.96. The number of carbonyl (C=O) groups is 2. The van der Waals surface area contributed by atoms with Gasteiger partial charge in [0.05, 0.1) is 6.10 Å². The van der Waals surface area contributed by atoms with Crippen LogP contribution in [0.3, 0.4) is 0 Å². The Kier molecular flexibility index (Phi) is 6.20. The number of hydrogen-bond acceptors (Lipinski definition) is 6. The second-order valence-corrected chi connectivity index (χ2v) is 6.41. The summed E-state index contributed by atoms with van der Waals surface area (Å²) in [6.45, 7) is 1.63. The standard InChI is InChI=1S/C18H24O6/c1-11-7-14(20)9-13(19)6-4-2-3-5-12-8-15(21)10-16(22)17(12)18(23)24-11/h8,10-11,14,20-22H,2-7,9H2,1H3/t11-,14?/m0/s1. The Morgan fingerprint density at radius 2 is 1.79 bits per heavy atom. The Morgan fingerprint density at radius 1 is 1.08 bits per heavy atom. The topological polar surface area (TPSA) is 104 Å².